The maximum atomic E-state index is 13.6. The monoisotopic (exact) mass is 398 g/mol. The van der Waals surface area contributed by atoms with Gasteiger partial charge in [0, 0.05) is 0 Å². The molecule has 0 fully saturated rings. The molecule has 29 heavy (non-hydrogen) atoms. The van der Waals surface area contributed by atoms with E-state index in [1.165, 1.54) is 64.2 Å². The van der Waals surface area contributed by atoms with Crippen LogP contribution >= 0.6 is 0 Å². The summed E-state index contributed by atoms with van der Waals surface area (Å²) < 4.78 is 34.6. The Kier molecular flexibility index (Phi) is 5.05. The van der Waals surface area contributed by atoms with Crippen molar-refractivity contribution in [2.24, 2.45) is 0 Å². The van der Waals surface area contributed by atoms with Crippen LogP contribution in [0.25, 0.3) is 16.7 Å². The van der Waals surface area contributed by atoms with E-state index in [1.54, 1.807) is 6.07 Å². The highest BCUT2D eigenvalue weighted by atomic mass is 19.1. The van der Waals surface area contributed by atoms with Crippen molar-refractivity contribution in [3.8, 4) is 11.4 Å². The van der Waals surface area contributed by atoms with E-state index < -0.39 is 17.5 Å². The first-order valence-corrected chi connectivity index (χ1v) is 8.77. The van der Waals surface area contributed by atoms with Gasteiger partial charge in [0.05, 0.1) is 18.4 Å². The first kappa shape index (κ1) is 18.8. The highest BCUT2D eigenvalue weighted by Gasteiger charge is 2.14. The van der Waals surface area contributed by atoms with Gasteiger partial charge in [-0.15, -0.1) is 0 Å². The van der Waals surface area contributed by atoms with Gasteiger partial charge in [-0.1, -0.05) is 12.1 Å². The van der Waals surface area contributed by atoms with Crippen LogP contribution in [0.15, 0.2) is 65.8 Å². The molecule has 0 spiro atoms. The number of aliphatic hydroxyl groups is 1. The zero-order valence-electron chi connectivity index (χ0n) is 15.1. The summed E-state index contributed by atoms with van der Waals surface area (Å²) in [5, 5.41) is 14.6. The Bertz CT molecular complexity index is 1200. The van der Waals surface area contributed by atoms with E-state index in [4.69, 9.17) is 4.74 Å². The molecule has 7 nitrogen and oxygen atoms in total. The fourth-order valence-corrected chi connectivity index (χ4v) is 2.88. The molecule has 0 aliphatic rings. The van der Waals surface area contributed by atoms with E-state index >= 15 is 0 Å². The summed E-state index contributed by atoms with van der Waals surface area (Å²) >= 11 is 0. The average Bonchev–Trinajstić information content (AvgIpc) is 3.15. The number of hydrogen-bond acceptors (Lipinski definition) is 5. The Morgan fingerprint density at radius 1 is 1.10 bits per heavy atom. The predicted octanol–water partition coefficient (Wildman–Crippen LogP) is 2.30. The van der Waals surface area contributed by atoms with Crippen molar-refractivity contribution in [2.45, 2.75) is 12.6 Å². The fourth-order valence-electron chi connectivity index (χ4n) is 2.88. The van der Waals surface area contributed by atoms with Gasteiger partial charge in [-0.25, -0.2) is 18.4 Å². The van der Waals surface area contributed by atoms with E-state index in [9.17, 15) is 18.7 Å². The molecule has 1 atom stereocenters. The molecule has 0 amide bonds. The van der Waals surface area contributed by atoms with Crippen LogP contribution in [0.4, 0.5) is 8.78 Å². The van der Waals surface area contributed by atoms with Crippen LogP contribution in [-0.4, -0.2) is 37.1 Å². The quantitative estimate of drug-likeness (QED) is 0.539. The smallest absolute Gasteiger partial charge is 0.264 e. The molecule has 0 aliphatic heterocycles. The molecular weight excluding hydrogens is 382 g/mol. The first-order valence-electron chi connectivity index (χ1n) is 8.77. The van der Waals surface area contributed by atoms with Crippen molar-refractivity contribution < 1.29 is 18.6 Å². The van der Waals surface area contributed by atoms with Crippen LogP contribution in [0.2, 0.25) is 0 Å². The topological polar surface area (TPSA) is 82.2 Å². The zero-order valence-corrected chi connectivity index (χ0v) is 15.1. The number of benzene rings is 2. The van der Waals surface area contributed by atoms with E-state index in [2.05, 4.69) is 10.1 Å². The summed E-state index contributed by atoms with van der Waals surface area (Å²) in [7, 11) is 0. The van der Waals surface area contributed by atoms with E-state index in [0.29, 0.717) is 11.3 Å². The van der Waals surface area contributed by atoms with Gasteiger partial charge in [0.2, 0.25) is 0 Å². The molecular formula is C20H16F2N4O3. The SMILES string of the molecule is O=c1c2cnn(-c3ccc(F)cc3)c2ncn1C[C@H](O)COc1ccccc1F. The third-order valence-corrected chi connectivity index (χ3v) is 4.30. The molecule has 2 aromatic heterocycles. The lowest BCUT2D eigenvalue weighted by Crippen LogP contribution is -2.30. The lowest BCUT2D eigenvalue weighted by atomic mass is 10.3. The third-order valence-electron chi connectivity index (χ3n) is 4.30. The summed E-state index contributed by atoms with van der Waals surface area (Å²) in [5.74, 6) is -0.895. The van der Waals surface area contributed by atoms with E-state index in [1.807, 2.05) is 0 Å². The number of fused-ring (bicyclic) bond motifs is 1. The molecule has 1 N–H and O–H groups in total. The number of aromatic nitrogens is 4. The number of rotatable bonds is 6. The largest absolute Gasteiger partial charge is 0.488 e. The maximum absolute atomic E-state index is 13.6. The average molecular weight is 398 g/mol. The summed E-state index contributed by atoms with van der Waals surface area (Å²) in [5.41, 5.74) is 0.479. The highest BCUT2D eigenvalue weighted by Crippen LogP contribution is 2.16. The van der Waals surface area contributed by atoms with Crippen LogP contribution in [0.1, 0.15) is 0 Å². The molecule has 2 aromatic carbocycles. The second-order valence-electron chi connectivity index (χ2n) is 6.37. The minimum Gasteiger partial charge on any atom is -0.488 e. The molecule has 4 aromatic rings. The molecule has 9 heteroatoms. The van der Waals surface area contributed by atoms with Crippen LogP contribution < -0.4 is 10.3 Å². The second kappa shape index (κ2) is 7.80. The molecule has 0 saturated heterocycles. The third kappa shape index (κ3) is 3.85. The number of ether oxygens (including phenoxy) is 1. The lowest BCUT2D eigenvalue weighted by molar-refractivity contribution is 0.0895. The molecule has 0 aliphatic carbocycles. The summed E-state index contributed by atoms with van der Waals surface area (Å²) in [4.78, 5) is 16.9. The Labute approximate surface area is 163 Å². The van der Waals surface area contributed by atoms with Gasteiger partial charge in [-0.05, 0) is 36.4 Å². The van der Waals surface area contributed by atoms with Crippen molar-refractivity contribution in [1.29, 1.82) is 0 Å². The summed E-state index contributed by atoms with van der Waals surface area (Å²) in [6, 6.07) is 11.5. The molecule has 2 heterocycles. The Hall–Kier alpha value is -3.59. The Balaban J connectivity index is 1.53. The van der Waals surface area contributed by atoms with E-state index in [0.717, 1.165) is 0 Å². The van der Waals surface area contributed by atoms with Gasteiger partial charge in [0.1, 0.15) is 30.2 Å². The van der Waals surface area contributed by atoms with Gasteiger partial charge >= 0.3 is 0 Å². The number of aliphatic hydroxyl groups excluding tert-OH is 1. The summed E-state index contributed by atoms with van der Waals surface area (Å²) in [6.07, 6.45) is 1.60. The maximum Gasteiger partial charge on any atom is 0.264 e. The van der Waals surface area contributed by atoms with Crippen LogP contribution in [0.3, 0.4) is 0 Å². The Morgan fingerprint density at radius 3 is 2.62 bits per heavy atom. The molecule has 0 radical (unpaired) electrons. The van der Waals surface area contributed by atoms with Crippen molar-refractivity contribution in [1.82, 2.24) is 19.3 Å². The van der Waals surface area contributed by atoms with Crippen molar-refractivity contribution in [3.63, 3.8) is 0 Å². The highest BCUT2D eigenvalue weighted by molar-refractivity contribution is 5.74. The van der Waals surface area contributed by atoms with Crippen LogP contribution in [0, 0.1) is 11.6 Å². The van der Waals surface area contributed by atoms with Crippen LogP contribution in [0.5, 0.6) is 5.75 Å². The Morgan fingerprint density at radius 2 is 1.86 bits per heavy atom. The minimum absolute atomic E-state index is 0.0213. The fraction of sp³-hybridized carbons (Fsp3) is 0.150. The lowest BCUT2D eigenvalue weighted by Gasteiger charge is -2.14. The summed E-state index contributed by atoms with van der Waals surface area (Å²) in [6.45, 7) is -0.280. The standard InChI is InChI=1S/C20H16F2N4O3/c21-13-5-7-14(8-6-13)26-19-16(9-24-26)20(28)25(12-23-19)10-15(27)11-29-18-4-2-1-3-17(18)22/h1-9,12,15,27H,10-11H2/t15-/m0/s1. The predicted molar refractivity (Wildman–Crippen MR) is 101 cm³/mol. The van der Waals surface area contributed by atoms with Gasteiger partial charge in [0.25, 0.3) is 5.56 Å². The number of hydrogen-bond donors (Lipinski definition) is 1. The normalized spacial score (nSPS) is 12.2. The van der Waals surface area contributed by atoms with Gasteiger partial charge < -0.3 is 9.84 Å². The van der Waals surface area contributed by atoms with Crippen LogP contribution in [-0.2, 0) is 6.54 Å². The number of nitrogens with zero attached hydrogens (tertiary/aromatic N) is 4. The van der Waals surface area contributed by atoms with Gasteiger partial charge in [-0.3, -0.25) is 9.36 Å². The molecule has 4 rings (SSSR count). The molecule has 0 bridgehead atoms. The van der Waals surface area contributed by atoms with Gasteiger partial charge in [0.15, 0.2) is 17.2 Å². The number of halogens is 2. The number of para-hydroxylation sites is 1. The van der Waals surface area contributed by atoms with Crippen molar-refractivity contribution >= 4 is 11.0 Å². The second-order valence-corrected chi connectivity index (χ2v) is 6.37. The zero-order chi connectivity index (χ0) is 20.4. The van der Waals surface area contributed by atoms with Crippen molar-refractivity contribution in [3.05, 3.63) is 83.0 Å². The first-order chi connectivity index (χ1) is 14.0. The molecule has 0 unspecified atom stereocenters. The van der Waals surface area contributed by atoms with E-state index in [-0.39, 0.29) is 30.1 Å². The van der Waals surface area contributed by atoms with Gasteiger partial charge in [-0.2, -0.15) is 5.10 Å². The molecule has 0 saturated carbocycles. The minimum atomic E-state index is -1.06. The molecule has 148 valence electrons. The van der Waals surface area contributed by atoms with Crippen molar-refractivity contribution in [2.75, 3.05) is 6.61 Å².